The van der Waals surface area contributed by atoms with Gasteiger partial charge in [-0.3, -0.25) is 0 Å². The van der Waals surface area contributed by atoms with E-state index in [2.05, 4.69) is 41.8 Å². The fourth-order valence-corrected chi connectivity index (χ4v) is 4.07. The molecule has 2 aliphatic rings. The van der Waals surface area contributed by atoms with E-state index in [-0.39, 0.29) is 0 Å². The SMILES string of the molecule is Cc1cccc(CCNC2CCCC2C2CCCN2)c1. The molecule has 1 aromatic rings. The molecular formula is C18H28N2. The molecule has 0 bridgehead atoms. The Morgan fingerprint density at radius 2 is 2.15 bits per heavy atom. The second-order valence-electron chi connectivity index (χ2n) is 6.60. The van der Waals surface area contributed by atoms with Gasteiger partial charge in [0.1, 0.15) is 0 Å². The molecule has 3 unspecified atom stereocenters. The maximum Gasteiger partial charge on any atom is 0.0111 e. The van der Waals surface area contributed by atoms with Crippen LogP contribution in [0.3, 0.4) is 0 Å². The number of rotatable bonds is 5. The standard InChI is InChI=1S/C18H28N2/c1-14-5-2-6-15(13-14)10-12-20-17-8-3-7-16(17)18-9-4-11-19-18/h2,5-6,13,16-20H,3-4,7-12H2,1H3. The molecule has 20 heavy (non-hydrogen) atoms. The van der Waals surface area contributed by atoms with E-state index >= 15 is 0 Å². The van der Waals surface area contributed by atoms with Crippen LogP contribution in [-0.2, 0) is 6.42 Å². The lowest BCUT2D eigenvalue weighted by Gasteiger charge is -2.26. The summed E-state index contributed by atoms with van der Waals surface area (Å²) in [6.07, 6.45) is 8.11. The molecule has 110 valence electrons. The van der Waals surface area contributed by atoms with Gasteiger partial charge in [0, 0.05) is 12.1 Å². The Hall–Kier alpha value is -0.860. The Bertz CT molecular complexity index is 423. The van der Waals surface area contributed by atoms with Crippen molar-refractivity contribution in [3.05, 3.63) is 35.4 Å². The van der Waals surface area contributed by atoms with Gasteiger partial charge in [0.05, 0.1) is 0 Å². The first-order valence-electron chi connectivity index (χ1n) is 8.35. The predicted octanol–water partition coefficient (Wildman–Crippen LogP) is 3.05. The summed E-state index contributed by atoms with van der Waals surface area (Å²) < 4.78 is 0. The zero-order valence-corrected chi connectivity index (χ0v) is 12.7. The van der Waals surface area contributed by atoms with Crippen LogP contribution < -0.4 is 10.6 Å². The van der Waals surface area contributed by atoms with E-state index in [1.807, 2.05) is 0 Å². The monoisotopic (exact) mass is 272 g/mol. The van der Waals surface area contributed by atoms with Gasteiger partial charge in [-0.1, -0.05) is 36.2 Å². The molecule has 0 aromatic heterocycles. The molecule has 0 amide bonds. The van der Waals surface area contributed by atoms with Gasteiger partial charge in [0.2, 0.25) is 0 Å². The summed E-state index contributed by atoms with van der Waals surface area (Å²) in [4.78, 5) is 0. The van der Waals surface area contributed by atoms with Gasteiger partial charge in [-0.25, -0.2) is 0 Å². The second kappa shape index (κ2) is 6.73. The van der Waals surface area contributed by atoms with E-state index in [9.17, 15) is 0 Å². The van der Waals surface area contributed by atoms with Crippen LogP contribution in [0, 0.1) is 12.8 Å². The molecule has 3 atom stereocenters. The van der Waals surface area contributed by atoms with Crippen molar-refractivity contribution in [1.82, 2.24) is 10.6 Å². The van der Waals surface area contributed by atoms with Crippen LogP contribution in [-0.4, -0.2) is 25.2 Å². The Balaban J connectivity index is 1.47. The van der Waals surface area contributed by atoms with Crippen LogP contribution in [0.1, 0.15) is 43.2 Å². The number of aryl methyl sites for hydroxylation is 1. The summed E-state index contributed by atoms with van der Waals surface area (Å²) in [5, 5.41) is 7.54. The van der Waals surface area contributed by atoms with E-state index in [1.165, 1.54) is 49.8 Å². The maximum atomic E-state index is 3.84. The fraction of sp³-hybridized carbons (Fsp3) is 0.667. The molecule has 0 radical (unpaired) electrons. The lowest BCUT2D eigenvalue weighted by atomic mass is 9.93. The highest BCUT2D eigenvalue weighted by Gasteiger charge is 2.34. The van der Waals surface area contributed by atoms with E-state index in [4.69, 9.17) is 0 Å². The summed E-state index contributed by atoms with van der Waals surface area (Å²) >= 11 is 0. The van der Waals surface area contributed by atoms with Crippen LogP contribution in [0.15, 0.2) is 24.3 Å². The quantitative estimate of drug-likeness (QED) is 0.861. The minimum atomic E-state index is 0.746. The van der Waals surface area contributed by atoms with Crippen molar-refractivity contribution in [2.45, 2.75) is 57.5 Å². The van der Waals surface area contributed by atoms with Crippen molar-refractivity contribution < 1.29 is 0 Å². The summed E-state index contributed by atoms with van der Waals surface area (Å²) in [7, 11) is 0. The van der Waals surface area contributed by atoms with Crippen molar-refractivity contribution in [2.75, 3.05) is 13.1 Å². The van der Waals surface area contributed by atoms with Gasteiger partial charge in [-0.15, -0.1) is 0 Å². The molecule has 0 spiro atoms. The first-order valence-corrected chi connectivity index (χ1v) is 8.35. The van der Waals surface area contributed by atoms with Gasteiger partial charge in [0.25, 0.3) is 0 Å². The minimum Gasteiger partial charge on any atom is -0.314 e. The van der Waals surface area contributed by atoms with Gasteiger partial charge >= 0.3 is 0 Å². The molecule has 1 saturated heterocycles. The van der Waals surface area contributed by atoms with Crippen LogP contribution in [0.25, 0.3) is 0 Å². The summed E-state index contributed by atoms with van der Waals surface area (Å²) in [6.45, 7) is 4.53. The largest absolute Gasteiger partial charge is 0.314 e. The van der Waals surface area contributed by atoms with Gasteiger partial charge < -0.3 is 10.6 Å². The molecule has 1 aliphatic heterocycles. The number of hydrogen-bond donors (Lipinski definition) is 2. The lowest BCUT2D eigenvalue weighted by molar-refractivity contribution is 0.322. The molecule has 1 heterocycles. The summed E-state index contributed by atoms with van der Waals surface area (Å²) in [5.74, 6) is 0.870. The predicted molar refractivity (Wildman–Crippen MR) is 85.0 cm³/mol. The van der Waals surface area contributed by atoms with Crippen molar-refractivity contribution in [1.29, 1.82) is 0 Å². The first-order chi connectivity index (χ1) is 9.83. The molecule has 2 heteroatoms. The molecule has 3 rings (SSSR count). The van der Waals surface area contributed by atoms with Crippen LogP contribution in [0.5, 0.6) is 0 Å². The first kappa shape index (κ1) is 14.1. The molecule has 2 nitrogen and oxygen atoms in total. The number of nitrogens with one attached hydrogen (secondary N) is 2. The smallest absolute Gasteiger partial charge is 0.0111 e. The summed E-state index contributed by atoms with van der Waals surface area (Å²) in [6, 6.07) is 10.4. The van der Waals surface area contributed by atoms with Crippen molar-refractivity contribution in [3.8, 4) is 0 Å². The van der Waals surface area contributed by atoms with Gasteiger partial charge in [0.15, 0.2) is 0 Å². The topological polar surface area (TPSA) is 24.1 Å². The Labute approximate surface area is 123 Å². The van der Waals surface area contributed by atoms with Crippen LogP contribution in [0.4, 0.5) is 0 Å². The molecular weight excluding hydrogens is 244 g/mol. The molecule has 1 aromatic carbocycles. The highest BCUT2D eigenvalue weighted by molar-refractivity contribution is 5.22. The highest BCUT2D eigenvalue weighted by atomic mass is 15.0. The molecule has 1 saturated carbocycles. The zero-order chi connectivity index (χ0) is 13.8. The van der Waals surface area contributed by atoms with Crippen molar-refractivity contribution >= 4 is 0 Å². The average Bonchev–Trinajstić information content (AvgIpc) is 3.09. The number of benzene rings is 1. The lowest BCUT2D eigenvalue weighted by Crippen LogP contribution is -2.42. The highest BCUT2D eigenvalue weighted by Crippen LogP contribution is 2.31. The third kappa shape index (κ3) is 3.42. The van der Waals surface area contributed by atoms with Crippen LogP contribution >= 0.6 is 0 Å². The second-order valence-corrected chi connectivity index (χ2v) is 6.60. The van der Waals surface area contributed by atoms with Gasteiger partial charge in [-0.2, -0.15) is 0 Å². The Morgan fingerprint density at radius 3 is 2.95 bits per heavy atom. The molecule has 2 N–H and O–H groups in total. The van der Waals surface area contributed by atoms with E-state index < -0.39 is 0 Å². The molecule has 1 aliphatic carbocycles. The summed E-state index contributed by atoms with van der Waals surface area (Å²) in [5.41, 5.74) is 2.84. The average molecular weight is 272 g/mol. The van der Waals surface area contributed by atoms with E-state index in [0.717, 1.165) is 31.0 Å². The fourth-order valence-electron chi connectivity index (χ4n) is 4.07. The third-order valence-electron chi connectivity index (χ3n) is 5.09. The third-order valence-corrected chi connectivity index (χ3v) is 5.09. The van der Waals surface area contributed by atoms with Gasteiger partial charge in [-0.05, 0) is 63.6 Å². The normalized spacial score (nSPS) is 29.9. The van der Waals surface area contributed by atoms with E-state index in [0.29, 0.717) is 0 Å². The van der Waals surface area contributed by atoms with E-state index in [1.54, 1.807) is 0 Å². The maximum absolute atomic E-state index is 3.84. The molecule has 2 fully saturated rings. The zero-order valence-electron chi connectivity index (χ0n) is 12.7. The Morgan fingerprint density at radius 1 is 1.20 bits per heavy atom. The van der Waals surface area contributed by atoms with Crippen molar-refractivity contribution in [3.63, 3.8) is 0 Å². The minimum absolute atomic E-state index is 0.746. The van der Waals surface area contributed by atoms with Crippen LogP contribution in [0.2, 0.25) is 0 Å². The van der Waals surface area contributed by atoms with Crippen molar-refractivity contribution in [2.24, 2.45) is 5.92 Å². The number of hydrogen-bond acceptors (Lipinski definition) is 2. The Kier molecular flexibility index (Phi) is 4.74.